The highest BCUT2D eigenvalue weighted by Crippen LogP contribution is 2.24. The molecular weight excluding hydrogens is 185 g/mol. The van der Waals surface area contributed by atoms with Gasteiger partial charge in [0, 0.05) is 0 Å². The Hall–Kier alpha value is -1.23. The molecule has 1 radical (unpaired) electrons. The number of nitrogens with one attached hydrogen (secondary N) is 1. The Morgan fingerprint density at radius 1 is 1.46 bits per heavy atom. The van der Waals surface area contributed by atoms with Gasteiger partial charge in [0.2, 0.25) is 0 Å². The molecule has 2 aliphatic heterocycles. The third-order valence-corrected chi connectivity index (χ3v) is 2.44. The Bertz CT molecular complexity index is 370. The Morgan fingerprint density at radius 2 is 2.31 bits per heavy atom. The van der Waals surface area contributed by atoms with E-state index >= 15 is 0 Å². The van der Waals surface area contributed by atoms with Crippen molar-refractivity contribution in [2.75, 3.05) is 0 Å². The molecule has 0 bridgehead atoms. The molecule has 0 saturated carbocycles. The first kappa shape index (κ1) is 8.38. The van der Waals surface area contributed by atoms with Crippen LogP contribution in [0.3, 0.4) is 0 Å². The summed E-state index contributed by atoms with van der Waals surface area (Å²) in [6.07, 6.45) is 5.46. The molecule has 63 valence electrons. The fourth-order valence-corrected chi connectivity index (χ4v) is 1.74. The van der Waals surface area contributed by atoms with Crippen LogP contribution in [-0.2, 0) is 4.79 Å². The molecule has 0 aromatic heterocycles. The second-order valence-electron chi connectivity index (χ2n) is 2.57. The molecule has 0 spiro atoms. The number of rotatable bonds is 1. The summed E-state index contributed by atoms with van der Waals surface area (Å²) < 4.78 is 0. The van der Waals surface area contributed by atoms with Gasteiger partial charge in [-0.3, -0.25) is 14.9 Å². The van der Waals surface area contributed by atoms with E-state index in [1.807, 2.05) is 25.4 Å². The molecule has 0 atom stereocenters. The average Bonchev–Trinajstić information content (AvgIpc) is 2.63. The Morgan fingerprint density at radius 3 is 2.85 bits per heavy atom. The van der Waals surface area contributed by atoms with Crippen molar-refractivity contribution in [2.24, 2.45) is 0 Å². The van der Waals surface area contributed by atoms with Gasteiger partial charge in [0.1, 0.15) is 0 Å². The van der Waals surface area contributed by atoms with E-state index in [1.54, 1.807) is 6.08 Å². The number of hydrogen-bond acceptors (Lipinski definition) is 3. The molecule has 2 amide bonds. The van der Waals surface area contributed by atoms with Crippen LogP contribution in [0.25, 0.3) is 0 Å². The van der Waals surface area contributed by atoms with Gasteiger partial charge in [-0.1, -0.05) is 17.6 Å². The highest BCUT2D eigenvalue weighted by atomic mass is 32.2. The zero-order valence-corrected chi connectivity index (χ0v) is 7.43. The van der Waals surface area contributed by atoms with Crippen LogP contribution in [0.1, 0.15) is 0 Å². The van der Waals surface area contributed by atoms with Crippen LogP contribution in [0.4, 0.5) is 4.79 Å². The van der Waals surface area contributed by atoms with Crippen LogP contribution in [0.15, 0.2) is 34.6 Å². The molecule has 1 saturated heterocycles. The van der Waals surface area contributed by atoms with E-state index in [0.717, 1.165) is 17.2 Å². The molecule has 0 aromatic carbocycles. The fraction of sp³-hybridized carbons (Fsp3) is 0. The van der Waals surface area contributed by atoms with Gasteiger partial charge in [-0.25, -0.2) is 0 Å². The van der Waals surface area contributed by atoms with Crippen molar-refractivity contribution in [3.05, 3.63) is 34.6 Å². The van der Waals surface area contributed by atoms with E-state index < -0.39 is 0 Å². The van der Waals surface area contributed by atoms with Crippen molar-refractivity contribution >= 4 is 30.2 Å². The third-order valence-electron chi connectivity index (χ3n) is 1.63. The predicted octanol–water partition coefficient (Wildman–Crippen LogP) is 0.969. The second kappa shape index (κ2) is 3.26. The standard InChI is InChI=1S/C8H5BNO2S/c11-7-6(13-8(12)10-7)4-5-2-1-3-9-5/h1-4H,(H,10,11,12)/b6-4-. The number of hydrogen-bond donors (Lipinski definition) is 1. The largest absolute Gasteiger partial charge is 0.290 e. The van der Waals surface area contributed by atoms with Gasteiger partial charge < -0.3 is 0 Å². The summed E-state index contributed by atoms with van der Waals surface area (Å²) in [6.45, 7) is 0. The van der Waals surface area contributed by atoms with E-state index in [0.29, 0.717) is 4.91 Å². The molecule has 3 nitrogen and oxygen atoms in total. The van der Waals surface area contributed by atoms with Crippen molar-refractivity contribution in [1.82, 2.24) is 5.32 Å². The molecule has 1 fully saturated rings. The van der Waals surface area contributed by atoms with E-state index in [4.69, 9.17) is 0 Å². The second-order valence-corrected chi connectivity index (χ2v) is 3.59. The number of imide groups is 1. The molecular formula is C8H5BNO2S. The maximum Gasteiger partial charge on any atom is 0.290 e. The highest BCUT2D eigenvalue weighted by Gasteiger charge is 2.25. The van der Waals surface area contributed by atoms with Crippen molar-refractivity contribution in [3.8, 4) is 0 Å². The molecule has 2 rings (SSSR count). The topological polar surface area (TPSA) is 46.2 Å². The summed E-state index contributed by atoms with van der Waals surface area (Å²) >= 11 is 0.933. The van der Waals surface area contributed by atoms with Crippen LogP contribution < -0.4 is 5.32 Å². The summed E-state index contributed by atoms with van der Waals surface area (Å²) in [5.41, 5.74) is 0.937. The molecule has 0 aromatic rings. The zero-order valence-electron chi connectivity index (χ0n) is 6.61. The van der Waals surface area contributed by atoms with Gasteiger partial charge in [0.15, 0.2) is 7.28 Å². The van der Waals surface area contributed by atoms with Crippen LogP contribution in [0.2, 0.25) is 0 Å². The van der Waals surface area contributed by atoms with Crippen LogP contribution in [-0.4, -0.2) is 18.4 Å². The fourth-order valence-electron chi connectivity index (χ4n) is 1.06. The minimum atomic E-state index is -0.309. The number of carbonyl (C=O) groups is 2. The van der Waals surface area contributed by atoms with Gasteiger partial charge in [0.05, 0.1) is 4.91 Å². The molecule has 0 unspecified atom stereocenters. The zero-order chi connectivity index (χ0) is 9.26. The Kier molecular flexibility index (Phi) is 2.10. The first-order valence-corrected chi connectivity index (χ1v) is 4.54. The van der Waals surface area contributed by atoms with Crippen molar-refractivity contribution in [1.29, 1.82) is 0 Å². The summed E-state index contributed by atoms with van der Waals surface area (Å²) in [7, 11) is 1.88. The summed E-state index contributed by atoms with van der Waals surface area (Å²) in [5, 5.41) is 1.89. The minimum Gasteiger partial charge on any atom is -0.282 e. The predicted molar refractivity (Wildman–Crippen MR) is 52.2 cm³/mol. The maximum atomic E-state index is 11.1. The molecule has 13 heavy (non-hydrogen) atoms. The first-order chi connectivity index (χ1) is 6.25. The maximum absolute atomic E-state index is 11.1. The number of allylic oxidation sites excluding steroid dienone is 4. The van der Waals surface area contributed by atoms with Crippen LogP contribution in [0.5, 0.6) is 0 Å². The lowest BCUT2D eigenvalue weighted by Crippen LogP contribution is -2.18. The van der Waals surface area contributed by atoms with Gasteiger partial charge in [-0.05, 0) is 17.8 Å². The lowest BCUT2D eigenvalue weighted by molar-refractivity contribution is -0.115. The van der Waals surface area contributed by atoms with Crippen LogP contribution in [0, 0.1) is 0 Å². The summed E-state index contributed by atoms with van der Waals surface area (Å²) in [5.74, 6) is 1.57. The van der Waals surface area contributed by atoms with Crippen molar-refractivity contribution in [3.63, 3.8) is 0 Å². The normalized spacial score (nSPS) is 23.4. The number of amides is 2. The van der Waals surface area contributed by atoms with Crippen molar-refractivity contribution in [2.45, 2.75) is 0 Å². The van der Waals surface area contributed by atoms with Crippen molar-refractivity contribution < 1.29 is 9.59 Å². The van der Waals surface area contributed by atoms with Gasteiger partial charge in [-0.15, -0.1) is 5.98 Å². The number of thioether (sulfide) groups is 1. The lowest BCUT2D eigenvalue weighted by Gasteiger charge is -1.91. The van der Waals surface area contributed by atoms with E-state index in [2.05, 4.69) is 5.32 Å². The minimum absolute atomic E-state index is 0.303. The van der Waals surface area contributed by atoms with E-state index in [9.17, 15) is 9.59 Å². The summed E-state index contributed by atoms with van der Waals surface area (Å²) in [4.78, 5) is 22.3. The monoisotopic (exact) mass is 190 g/mol. The van der Waals surface area contributed by atoms with Crippen LogP contribution >= 0.6 is 11.8 Å². The first-order valence-electron chi connectivity index (χ1n) is 3.72. The van der Waals surface area contributed by atoms with Gasteiger partial charge in [0.25, 0.3) is 11.1 Å². The molecule has 0 aliphatic carbocycles. The van der Waals surface area contributed by atoms with E-state index in [-0.39, 0.29) is 11.1 Å². The SMILES string of the molecule is O=C1NC(=O)/C(=C/C2=CC=C[B]2)S1. The lowest BCUT2D eigenvalue weighted by atomic mass is 9.73. The Labute approximate surface area is 80.2 Å². The smallest absolute Gasteiger partial charge is 0.282 e. The van der Waals surface area contributed by atoms with Gasteiger partial charge >= 0.3 is 0 Å². The summed E-state index contributed by atoms with van der Waals surface area (Å²) in [6, 6.07) is 0. The van der Waals surface area contributed by atoms with E-state index in [1.165, 1.54) is 0 Å². The molecule has 5 heteroatoms. The van der Waals surface area contributed by atoms with Gasteiger partial charge in [-0.2, -0.15) is 0 Å². The highest BCUT2D eigenvalue weighted by molar-refractivity contribution is 8.18. The third kappa shape index (κ3) is 1.75. The molecule has 1 N–H and O–H groups in total. The molecule has 2 aliphatic rings. The molecule has 2 heterocycles. The Balaban J connectivity index is 2.17. The number of carbonyl (C=O) groups excluding carboxylic acids is 2. The quantitative estimate of drug-likeness (QED) is 0.494. The average molecular weight is 190 g/mol.